The lowest BCUT2D eigenvalue weighted by atomic mass is 10.00. The van der Waals surface area contributed by atoms with Gasteiger partial charge in [-0.25, -0.2) is 8.78 Å². The molecule has 0 amide bonds. The van der Waals surface area contributed by atoms with E-state index in [0.717, 1.165) is 5.56 Å². The first-order valence-electron chi connectivity index (χ1n) is 4.16. The van der Waals surface area contributed by atoms with Crippen molar-refractivity contribution in [2.75, 3.05) is 0 Å². The van der Waals surface area contributed by atoms with E-state index in [-0.39, 0.29) is 11.6 Å². The van der Waals surface area contributed by atoms with Crippen molar-refractivity contribution in [3.8, 4) is 0 Å². The molecule has 3 heteroatoms. The molecule has 0 fully saturated rings. The minimum Gasteiger partial charge on any atom is -0.324 e. The predicted octanol–water partition coefficient (Wildman–Crippen LogP) is 2.95. The number of nitrogens with two attached hydrogens (primary N) is 1. The van der Waals surface area contributed by atoms with Gasteiger partial charge in [0.25, 0.3) is 6.43 Å². The van der Waals surface area contributed by atoms with Gasteiger partial charge in [0.05, 0.1) is 0 Å². The van der Waals surface area contributed by atoms with Crippen molar-refractivity contribution in [3.05, 3.63) is 34.9 Å². The van der Waals surface area contributed by atoms with E-state index in [1.807, 2.05) is 6.92 Å². The molecule has 1 nitrogen and oxygen atoms in total. The smallest absolute Gasteiger partial charge is 0.264 e. The standard InChI is InChI=1S/C10H13F2N/c1-6-3-4-8(10(11)12)9(5-6)7(2)13/h3-5,7,10H,13H2,1-2H3. The Morgan fingerprint density at radius 1 is 1.23 bits per heavy atom. The molecule has 0 aliphatic carbocycles. The predicted molar refractivity (Wildman–Crippen MR) is 48.7 cm³/mol. The Morgan fingerprint density at radius 3 is 2.31 bits per heavy atom. The van der Waals surface area contributed by atoms with Crippen molar-refractivity contribution in [1.29, 1.82) is 0 Å². The Hall–Kier alpha value is -0.960. The largest absolute Gasteiger partial charge is 0.324 e. The van der Waals surface area contributed by atoms with Gasteiger partial charge >= 0.3 is 0 Å². The quantitative estimate of drug-likeness (QED) is 0.753. The molecular formula is C10H13F2N. The van der Waals surface area contributed by atoms with Crippen LogP contribution >= 0.6 is 0 Å². The van der Waals surface area contributed by atoms with Gasteiger partial charge in [0.15, 0.2) is 0 Å². The van der Waals surface area contributed by atoms with Gasteiger partial charge in [-0.3, -0.25) is 0 Å². The van der Waals surface area contributed by atoms with Gasteiger partial charge in [0, 0.05) is 11.6 Å². The third kappa shape index (κ3) is 2.25. The Bertz CT molecular complexity index is 295. The second kappa shape index (κ2) is 3.83. The molecule has 0 saturated heterocycles. The average Bonchev–Trinajstić information content (AvgIpc) is 2.03. The van der Waals surface area contributed by atoms with Crippen LogP contribution in [0.4, 0.5) is 8.78 Å². The van der Waals surface area contributed by atoms with E-state index < -0.39 is 6.43 Å². The summed E-state index contributed by atoms with van der Waals surface area (Å²) in [7, 11) is 0. The Morgan fingerprint density at radius 2 is 1.85 bits per heavy atom. The number of hydrogen-bond donors (Lipinski definition) is 1. The molecule has 0 heterocycles. The van der Waals surface area contributed by atoms with Crippen LogP contribution in [0.1, 0.15) is 36.1 Å². The Kier molecular flexibility index (Phi) is 2.98. The number of alkyl halides is 2. The lowest BCUT2D eigenvalue weighted by Crippen LogP contribution is -2.08. The van der Waals surface area contributed by atoms with Crippen LogP contribution in [-0.2, 0) is 0 Å². The molecule has 72 valence electrons. The second-order valence-electron chi connectivity index (χ2n) is 3.22. The Labute approximate surface area is 76.6 Å². The van der Waals surface area contributed by atoms with Gasteiger partial charge < -0.3 is 5.73 Å². The highest BCUT2D eigenvalue weighted by atomic mass is 19.3. The highest BCUT2D eigenvalue weighted by molar-refractivity contribution is 5.34. The van der Waals surface area contributed by atoms with Crippen LogP contribution in [-0.4, -0.2) is 0 Å². The molecule has 0 aliphatic heterocycles. The van der Waals surface area contributed by atoms with Crippen molar-refractivity contribution in [1.82, 2.24) is 0 Å². The minimum absolute atomic E-state index is 0.0422. The van der Waals surface area contributed by atoms with Crippen LogP contribution in [0.2, 0.25) is 0 Å². The first-order valence-corrected chi connectivity index (χ1v) is 4.16. The molecule has 0 spiro atoms. The van der Waals surface area contributed by atoms with Crippen molar-refractivity contribution < 1.29 is 8.78 Å². The summed E-state index contributed by atoms with van der Waals surface area (Å²) in [4.78, 5) is 0. The van der Waals surface area contributed by atoms with Crippen LogP contribution in [0.25, 0.3) is 0 Å². The number of hydrogen-bond acceptors (Lipinski definition) is 1. The minimum atomic E-state index is -2.44. The van der Waals surface area contributed by atoms with E-state index >= 15 is 0 Å². The van der Waals surface area contributed by atoms with E-state index in [1.54, 1.807) is 19.1 Å². The van der Waals surface area contributed by atoms with Crippen molar-refractivity contribution in [2.24, 2.45) is 5.73 Å². The summed E-state index contributed by atoms with van der Waals surface area (Å²) in [5.41, 5.74) is 7.12. The molecule has 0 aliphatic rings. The van der Waals surface area contributed by atoms with Gasteiger partial charge in [0.2, 0.25) is 0 Å². The van der Waals surface area contributed by atoms with E-state index in [1.165, 1.54) is 6.07 Å². The van der Waals surface area contributed by atoms with Gasteiger partial charge in [0.1, 0.15) is 0 Å². The number of aryl methyl sites for hydroxylation is 1. The van der Waals surface area contributed by atoms with Crippen molar-refractivity contribution in [3.63, 3.8) is 0 Å². The second-order valence-corrected chi connectivity index (χ2v) is 3.22. The SMILES string of the molecule is Cc1ccc(C(F)F)c(C(C)N)c1. The normalized spacial score (nSPS) is 13.4. The van der Waals surface area contributed by atoms with Gasteiger partial charge in [-0.1, -0.05) is 23.8 Å². The lowest BCUT2D eigenvalue weighted by Gasteiger charge is -2.12. The molecule has 1 rings (SSSR count). The number of halogens is 2. The fraction of sp³-hybridized carbons (Fsp3) is 0.400. The highest BCUT2D eigenvalue weighted by Gasteiger charge is 2.14. The molecule has 1 atom stereocenters. The monoisotopic (exact) mass is 185 g/mol. The summed E-state index contributed by atoms with van der Waals surface area (Å²) in [6, 6.07) is 4.49. The van der Waals surface area contributed by atoms with E-state index in [9.17, 15) is 8.78 Å². The van der Waals surface area contributed by atoms with Crippen LogP contribution in [0, 0.1) is 6.92 Å². The number of benzene rings is 1. The molecule has 0 aromatic heterocycles. The zero-order chi connectivity index (χ0) is 10.0. The zero-order valence-electron chi connectivity index (χ0n) is 7.72. The summed E-state index contributed by atoms with van der Waals surface area (Å²) in [6.07, 6.45) is -2.44. The summed E-state index contributed by atoms with van der Waals surface area (Å²) in [5.74, 6) is 0. The van der Waals surface area contributed by atoms with Crippen LogP contribution in [0.3, 0.4) is 0 Å². The molecule has 1 aromatic rings. The molecule has 2 N–H and O–H groups in total. The van der Waals surface area contributed by atoms with Gasteiger partial charge in [-0.15, -0.1) is 0 Å². The Balaban J connectivity index is 3.19. The van der Waals surface area contributed by atoms with E-state index in [4.69, 9.17) is 5.73 Å². The molecular weight excluding hydrogens is 172 g/mol. The summed E-state index contributed by atoms with van der Waals surface area (Å²) >= 11 is 0. The fourth-order valence-electron chi connectivity index (χ4n) is 1.29. The lowest BCUT2D eigenvalue weighted by molar-refractivity contribution is 0.150. The van der Waals surface area contributed by atoms with Crippen LogP contribution in [0.5, 0.6) is 0 Å². The third-order valence-corrected chi connectivity index (χ3v) is 1.97. The molecule has 13 heavy (non-hydrogen) atoms. The summed E-state index contributed by atoms with van der Waals surface area (Å²) in [6.45, 7) is 3.57. The van der Waals surface area contributed by atoms with Crippen molar-refractivity contribution in [2.45, 2.75) is 26.3 Å². The first kappa shape index (κ1) is 10.1. The van der Waals surface area contributed by atoms with Gasteiger partial charge in [-0.2, -0.15) is 0 Å². The molecule has 0 radical (unpaired) electrons. The first-order chi connectivity index (χ1) is 6.02. The molecule has 1 unspecified atom stereocenters. The fourth-order valence-corrected chi connectivity index (χ4v) is 1.29. The number of rotatable bonds is 2. The van der Waals surface area contributed by atoms with Gasteiger partial charge in [-0.05, 0) is 19.4 Å². The molecule has 1 aromatic carbocycles. The maximum atomic E-state index is 12.5. The zero-order valence-corrected chi connectivity index (χ0v) is 7.72. The van der Waals surface area contributed by atoms with E-state index in [2.05, 4.69) is 0 Å². The van der Waals surface area contributed by atoms with E-state index in [0.29, 0.717) is 5.56 Å². The highest BCUT2D eigenvalue weighted by Crippen LogP contribution is 2.27. The average molecular weight is 185 g/mol. The van der Waals surface area contributed by atoms with Crippen molar-refractivity contribution >= 4 is 0 Å². The van der Waals surface area contributed by atoms with Crippen LogP contribution in [0.15, 0.2) is 18.2 Å². The summed E-state index contributed by atoms with van der Waals surface area (Å²) in [5, 5.41) is 0. The van der Waals surface area contributed by atoms with Crippen LogP contribution < -0.4 is 5.73 Å². The maximum Gasteiger partial charge on any atom is 0.264 e. The summed E-state index contributed by atoms with van der Waals surface area (Å²) < 4.78 is 24.9. The topological polar surface area (TPSA) is 26.0 Å². The maximum absolute atomic E-state index is 12.5. The third-order valence-electron chi connectivity index (χ3n) is 1.97. The molecule has 0 bridgehead atoms. The molecule has 0 saturated carbocycles.